The van der Waals surface area contributed by atoms with E-state index >= 15 is 0 Å². The van der Waals surface area contributed by atoms with Crippen LogP contribution in [0.4, 0.5) is 5.69 Å². The zero-order valence-corrected chi connectivity index (χ0v) is 15.4. The van der Waals surface area contributed by atoms with Crippen molar-refractivity contribution >= 4 is 35.2 Å². The molecule has 136 valence electrons. The number of anilines is 1. The Kier molecular flexibility index (Phi) is 7.24. The van der Waals surface area contributed by atoms with E-state index in [0.717, 1.165) is 17.7 Å². The van der Waals surface area contributed by atoms with Gasteiger partial charge in [0.15, 0.2) is 0 Å². The normalized spacial score (nSPS) is 10.6. The predicted molar refractivity (Wildman–Crippen MR) is 103 cm³/mol. The molecule has 0 fully saturated rings. The lowest BCUT2D eigenvalue weighted by atomic mass is 10.2. The molecule has 0 aliphatic rings. The Labute approximate surface area is 157 Å². The number of carbonyl (C=O) groups excluding carboxylic acids is 2. The number of hydrogen-bond acceptors (Lipinski definition) is 4. The second-order valence-electron chi connectivity index (χ2n) is 5.43. The molecule has 0 aliphatic heterocycles. The molecule has 0 atom stereocenters. The molecule has 0 unspecified atom stereocenters. The monoisotopic (exact) mass is 373 g/mol. The van der Waals surface area contributed by atoms with E-state index in [-0.39, 0.29) is 5.91 Å². The number of halogens is 1. The number of rotatable bonds is 7. The minimum absolute atomic E-state index is 0.304. The Hall–Kier alpha value is -2.79. The maximum absolute atomic E-state index is 12.1. The summed E-state index contributed by atoms with van der Waals surface area (Å²) in [5, 5.41) is 2.98. The number of ether oxygens (including phenoxy) is 2. The van der Waals surface area contributed by atoms with E-state index in [0.29, 0.717) is 22.9 Å². The van der Waals surface area contributed by atoms with Crippen LogP contribution in [0.3, 0.4) is 0 Å². The SMILES string of the molecule is CCCOc1ccc(/C=C/C(=O)Nc2cc(C(=O)OC)ccc2Cl)cc1. The van der Waals surface area contributed by atoms with Crippen LogP contribution in [0.15, 0.2) is 48.5 Å². The summed E-state index contributed by atoms with van der Waals surface area (Å²) in [5.41, 5.74) is 1.50. The van der Waals surface area contributed by atoms with Crippen LogP contribution in [0, 0.1) is 0 Å². The van der Waals surface area contributed by atoms with Crippen LogP contribution in [0.2, 0.25) is 5.02 Å². The van der Waals surface area contributed by atoms with Gasteiger partial charge in [0, 0.05) is 6.08 Å². The highest BCUT2D eigenvalue weighted by Gasteiger charge is 2.10. The summed E-state index contributed by atoms with van der Waals surface area (Å²) in [4.78, 5) is 23.7. The first-order chi connectivity index (χ1) is 12.5. The van der Waals surface area contributed by atoms with E-state index in [4.69, 9.17) is 16.3 Å². The summed E-state index contributed by atoms with van der Waals surface area (Å²) < 4.78 is 10.2. The zero-order valence-electron chi connectivity index (χ0n) is 14.6. The molecule has 1 amide bonds. The van der Waals surface area contributed by atoms with E-state index in [1.54, 1.807) is 6.08 Å². The van der Waals surface area contributed by atoms with Crippen molar-refractivity contribution in [2.45, 2.75) is 13.3 Å². The van der Waals surface area contributed by atoms with Crippen molar-refractivity contribution in [1.29, 1.82) is 0 Å². The molecule has 0 bridgehead atoms. The second kappa shape index (κ2) is 9.63. The van der Waals surface area contributed by atoms with Crippen molar-refractivity contribution in [2.24, 2.45) is 0 Å². The molecule has 5 nitrogen and oxygen atoms in total. The number of esters is 1. The van der Waals surface area contributed by atoms with Gasteiger partial charge in [-0.05, 0) is 48.4 Å². The maximum atomic E-state index is 12.1. The standard InChI is InChI=1S/C20H20ClNO4/c1-3-12-26-16-8-4-14(5-9-16)6-11-19(23)22-18-13-15(20(24)25-2)7-10-17(18)21/h4-11,13H,3,12H2,1-2H3,(H,22,23)/b11-6+. The minimum atomic E-state index is -0.502. The van der Waals surface area contributed by atoms with Crippen LogP contribution in [-0.4, -0.2) is 25.6 Å². The van der Waals surface area contributed by atoms with Gasteiger partial charge in [-0.15, -0.1) is 0 Å². The lowest BCUT2D eigenvalue weighted by Crippen LogP contribution is -2.09. The lowest BCUT2D eigenvalue weighted by Gasteiger charge is -2.07. The molecule has 1 N–H and O–H groups in total. The maximum Gasteiger partial charge on any atom is 0.337 e. The molecule has 2 rings (SSSR count). The fourth-order valence-corrected chi connectivity index (χ4v) is 2.27. The fourth-order valence-electron chi connectivity index (χ4n) is 2.11. The minimum Gasteiger partial charge on any atom is -0.494 e. The molecular weight excluding hydrogens is 354 g/mol. The average Bonchev–Trinajstić information content (AvgIpc) is 2.66. The summed E-state index contributed by atoms with van der Waals surface area (Å²) in [6.07, 6.45) is 4.02. The Morgan fingerprint density at radius 1 is 1.15 bits per heavy atom. The largest absolute Gasteiger partial charge is 0.494 e. The van der Waals surface area contributed by atoms with Gasteiger partial charge in [-0.2, -0.15) is 0 Å². The van der Waals surface area contributed by atoms with Gasteiger partial charge in [0.1, 0.15) is 5.75 Å². The highest BCUT2D eigenvalue weighted by molar-refractivity contribution is 6.34. The first-order valence-electron chi connectivity index (χ1n) is 8.13. The van der Waals surface area contributed by atoms with E-state index in [2.05, 4.69) is 10.1 Å². The first-order valence-corrected chi connectivity index (χ1v) is 8.51. The van der Waals surface area contributed by atoms with Crippen molar-refractivity contribution in [3.63, 3.8) is 0 Å². The zero-order chi connectivity index (χ0) is 18.9. The number of methoxy groups -OCH3 is 1. The van der Waals surface area contributed by atoms with Crippen molar-refractivity contribution in [3.05, 3.63) is 64.7 Å². The molecule has 6 heteroatoms. The van der Waals surface area contributed by atoms with Crippen molar-refractivity contribution in [3.8, 4) is 5.75 Å². The third-order valence-corrected chi connectivity index (χ3v) is 3.76. The topological polar surface area (TPSA) is 64.6 Å². The van der Waals surface area contributed by atoms with E-state index in [1.807, 2.05) is 31.2 Å². The highest BCUT2D eigenvalue weighted by atomic mass is 35.5. The van der Waals surface area contributed by atoms with Gasteiger partial charge in [0.05, 0.1) is 30.0 Å². The summed E-state index contributed by atoms with van der Waals surface area (Å²) in [6.45, 7) is 2.71. The van der Waals surface area contributed by atoms with E-state index in [9.17, 15) is 9.59 Å². The summed E-state index contributed by atoms with van der Waals surface area (Å²) >= 11 is 6.06. The quantitative estimate of drug-likeness (QED) is 0.570. The van der Waals surface area contributed by atoms with Gasteiger partial charge in [-0.25, -0.2) is 4.79 Å². The summed E-state index contributed by atoms with van der Waals surface area (Å²) in [7, 11) is 1.29. The fraction of sp³-hybridized carbons (Fsp3) is 0.200. The number of benzene rings is 2. The lowest BCUT2D eigenvalue weighted by molar-refractivity contribution is -0.111. The van der Waals surface area contributed by atoms with Gasteiger partial charge in [-0.3, -0.25) is 4.79 Å². The number of nitrogens with one attached hydrogen (secondary N) is 1. The van der Waals surface area contributed by atoms with Gasteiger partial charge in [0.25, 0.3) is 0 Å². The molecule has 2 aromatic rings. The molecule has 0 heterocycles. The van der Waals surface area contributed by atoms with Crippen LogP contribution < -0.4 is 10.1 Å². The first kappa shape index (κ1) is 19.5. The predicted octanol–water partition coefficient (Wildman–Crippen LogP) is 4.57. The number of hydrogen-bond donors (Lipinski definition) is 1. The Bertz CT molecular complexity index is 800. The van der Waals surface area contributed by atoms with Crippen LogP contribution in [-0.2, 0) is 9.53 Å². The highest BCUT2D eigenvalue weighted by Crippen LogP contribution is 2.23. The number of amides is 1. The third-order valence-electron chi connectivity index (χ3n) is 3.43. The van der Waals surface area contributed by atoms with E-state index in [1.165, 1.54) is 31.4 Å². The summed E-state index contributed by atoms with van der Waals surface area (Å²) in [5.74, 6) is -0.0711. The van der Waals surface area contributed by atoms with Crippen molar-refractivity contribution in [2.75, 3.05) is 19.0 Å². The third kappa shape index (κ3) is 5.63. The second-order valence-corrected chi connectivity index (χ2v) is 5.83. The van der Waals surface area contributed by atoms with Gasteiger partial charge in [-0.1, -0.05) is 30.7 Å². The Morgan fingerprint density at radius 3 is 2.54 bits per heavy atom. The van der Waals surface area contributed by atoms with Crippen LogP contribution in [0.1, 0.15) is 29.3 Å². The van der Waals surface area contributed by atoms with E-state index < -0.39 is 5.97 Å². The van der Waals surface area contributed by atoms with Crippen LogP contribution in [0.5, 0.6) is 5.75 Å². The molecule has 0 spiro atoms. The molecule has 26 heavy (non-hydrogen) atoms. The van der Waals surface area contributed by atoms with Gasteiger partial charge >= 0.3 is 5.97 Å². The summed E-state index contributed by atoms with van der Waals surface area (Å²) in [6, 6.07) is 12.0. The Balaban J connectivity index is 2.02. The van der Waals surface area contributed by atoms with Crippen LogP contribution >= 0.6 is 11.6 Å². The molecule has 0 saturated carbocycles. The van der Waals surface area contributed by atoms with Crippen LogP contribution in [0.25, 0.3) is 6.08 Å². The average molecular weight is 374 g/mol. The van der Waals surface area contributed by atoms with Gasteiger partial charge in [0.2, 0.25) is 5.91 Å². The molecule has 2 aromatic carbocycles. The van der Waals surface area contributed by atoms with Crippen molar-refractivity contribution < 1.29 is 19.1 Å². The Morgan fingerprint density at radius 2 is 1.88 bits per heavy atom. The van der Waals surface area contributed by atoms with Gasteiger partial charge < -0.3 is 14.8 Å². The molecule has 0 radical (unpaired) electrons. The molecule has 0 saturated heterocycles. The molecular formula is C20H20ClNO4. The smallest absolute Gasteiger partial charge is 0.337 e. The molecule has 0 aliphatic carbocycles. The number of carbonyl (C=O) groups is 2. The van der Waals surface area contributed by atoms with Crippen molar-refractivity contribution in [1.82, 2.24) is 0 Å². The molecule has 0 aromatic heterocycles.